The van der Waals surface area contributed by atoms with Crippen LogP contribution in [0.15, 0.2) is 35.5 Å². The van der Waals surface area contributed by atoms with E-state index in [9.17, 15) is 4.79 Å². The van der Waals surface area contributed by atoms with Gasteiger partial charge in [-0.3, -0.25) is 4.79 Å². The highest BCUT2D eigenvalue weighted by molar-refractivity contribution is 7.99. The lowest BCUT2D eigenvalue weighted by Gasteiger charge is -2.23. The minimum Gasteiger partial charge on any atom is -0.341 e. The van der Waals surface area contributed by atoms with Crippen LogP contribution in [0.4, 0.5) is 11.9 Å². The molecule has 0 aliphatic rings. The van der Waals surface area contributed by atoms with Crippen LogP contribution >= 0.6 is 11.8 Å². The summed E-state index contributed by atoms with van der Waals surface area (Å²) in [5, 5.41) is 0.591. The van der Waals surface area contributed by atoms with E-state index in [1.807, 2.05) is 30.3 Å². The molecule has 0 unspecified atom stereocenters. The largest absolute Gasteiger partial charge is 0.341 e. The van der Waals surface area contributed by atoms with Crippen LogP contribution in [0.3, 0.4) is 0 Å². The summed E-state index contributed by atoms with van der Waals surface area (Å²) in [4.78, 5) is 30.4. The fraction of sp³-hybridized carbons (Fsp3) is 0.474. The highest BCUT2D eigenvalue weighted by atomic mass is 32.2. The van der Waals surface area contributed by atoms with E-state index in [1.54, 1.807) is 0 Å². The number of carbonyl (C=O) groups is 1. The molecule has 0 saturated heterocycles. The molecule has 0 bridgehead atoms. The minimum atomic E-state index is 0.0739. The first-order valence-electron chi connectivity index (χ1n) is 9.09. The van der Waals surface area contributed by atoms with Crippen LogP contribution in [0, 0.1) is 0 Å². The Labute approximate surface area is 160 Å². The van der Waals surface area contributed by atoms with Gasteiger partial charge in [0.05, 0.1) is 5.75 Å². The van der Waals surface area contributed by atoms with Gasteiger partial charge in [-0.15, -0.1) is 0 Å². The van der Waals surface area contributed by atoms with Crippen LogP contribution in [0.25, 0.3) is 0 Å². The molecule has 0 fully saturated rings. The Balaban J connectivity index is 2.24. The second-order valence-corrected chi connectivity index (χ2v) is 6.58. The van der Waals surface area contributed by atoms with Gasteiger partial charge in [0.15, 0.2) is 10.9 Å². The van der Waals surface area contributed by atoms with Crippen molar-refractivity contribution in [2.75, 3.05) is 41.7 Å². The Bertz CT molecular complexity index is 672. The Hall–Kier alpha value is -2.15. The number of thioether (sulfide) groups is 1. The summed E-state index contributed by atoms with van der Waals surface area (Å²) in [6.07, 6.45) is 0. The lowest BCUT2D eigenvalue weighted by molar-refractivity contribution is 0.102. The number of nitrogens with zero attached hydrogens (tertiary/aromatic N) is 5. The van der Waals surface area contributed by atoms with Gasteiger partial charge >= 0.3 is 0 Å². The van der Waals surface area contributed by atoms with E-state index in [-0.39, 0.29) is 5.78 Å². The number of hydrogen-bond acceptors (Lipinski definition) is 7. The van der Waals surface area contributed by atoms with Crippen molar-refractivity contribution in [2.45, 2.75) is 32.9 Å². The second kappa shape index (κ2) is 10.1. The molecule has 6 nitrogen and oxygen atoms in total. The van der Waals surface area contributed by atoms with Gasteiger partial charge in [0.2, 0.25) is 11.9 Å². The fourth-order valence-corrected chi connectivity index (χ4v) is 3.25. The van der Waals surface area contributed by atoms with Crippen LogP contribution in [0.1, 0.15) is 38.1 Å². The molecule has 1 heterocycles. The lowest BCUT2D eigenvalue weighted by atomic mass is 10.2. The predicted octanol–water partition coefficient (Wildman–Crippen LogP) is 3.54. The summed E-state index contributed by atoms with van der Waals surface area (Å²) in [6, 6.07) is 9.32. The van der Waals surface area contributed by atoms with Crippen molar-refractivity contribution >= 4 is 29.4 Å². The summed E-state index contributed by atoms with van der Waals surface area (Å²) < 4.78 is 0. The molecular formula is C19H27N5OS. The van der Waals surface area contributed by atoms with Crippen LogP contribution in [-0.4, -0.2) is 52.7 Å². The molecule has 0 radical (unpaired) electrons. The first kappa shape index (κ1) is 20.2. The van der Waals surface area contributed by atoms with Crippen LogP contribution in [-0.2, 0) is 0 Å². The zero-order valence-corrected chi connectivity index (χ0v) is 16.8. The molecule has 1 aromatic carbocycles. The number of hydrogen-bond donors (Lipinski definition) is 0. The molecular weight excluding hydrogens is 346 g/mol. The van der Waals surface area contributed by atoms with E-state index in [4.69, 9.17) is 0 Å². The van der Waals surface area contributed by atoms with E-state index in [1.165, 1.54) is 11.8 Å². The topological polar surface area (TPSA) is 62.2 Å². The van der Waals surface area contributed by atoms with Gasteiger partial charge in [-0.25, -0.2) is 0 Å². The number of Topliss-reactive ketones (excluding diaryl/α,β-unsaturated/α-hetero) is 1. The summed E-state index contributed by atoms with van der Waals surface area (Å²) in [6.45, 7) is 11.6. The molecule has 0 spiro atoms. The quantitative estimate of drug-likeness (QED) is 0.466. The first-order valence-corrected chi connectivity index (χ1v) is 10.1. The molecule has 0 aliphatic carbocycles. The molecule has 140 valence electrons. The molecule has 0 atom stereocenters. The van der Waals surface area contributed by atoms with E-state index >= 15 is 0 Å². The third-order valence-corrected chi connectivity index (χ3v) is 4.96. The molecule has 2 aromatic rings. The smallest absolute Gasteiger partial charge is 0.231 e. The molecule has 26 heavy (non-hydrogen) atoms. The van der Waals surface area contributed by atoms with Crippen molar-refractivity contribution in [3.63, 3.8) is 0 Å². The summed E-state index contributed by atoms with van der Waals surface area (Å²) in [5.41, 5.74) is 0.710. The molecule has 1 aromatic heterocycles. The van der Waals surface area contributed by atoms with E-state index in [0.29, 0.717) is 28.4 Å². The zero-order valence-electron chi connectivity index (χ0n) is 16.0. The van der Waals surface area contributed by atoms with E-state index in [0.717, 1.165) is 26.2 Å². The highest BCUT2D eigenvalue weighted by Crippen LogP contribution is 2.21. The van der Waals surface area contributed by atoms with Gasteiger partial charge in [0.1, 0.15) is 0 Å². The molecule has 0 aliphatic heterocycles. The number of carbonyl (C=O) groups excluding carboxylic acids is 1. The van der Waals surface area contributed by atoms with Crippen LogP contribution in [0.5, 0.6) is 0 Å². The standard InChI is InChI=1S/C19H27N5OS/c1-5-23(6-2)17-20-18(24(7-3)8-4)22-19(21-17)26-14-16(25)15-12-10-9-11-13-15/h9-13H,5-8,14H2,1-4H3. The van der Waals surface area contributed by atoms with Crippen molar-refractivity contribution < 1.29 is 4.79 Å². The number of rotatable bonds is 10. The van der Waals surface area contributed by atoms with Crippen molar-refractivity contribution in [1.29, 1.82) is 0 Å². The summed E-state index contributed by atoms with van der Waals surface area (Å²) in [5.74, 6) is 1.72. The van der Waals surface area contributed by atoms with Crippen molar-refractivity contribution in [1.82, 2.24) is 15.0 Å². The highest BCUT2D eigenvalue weighted by Gasteiger charge is 2.16. The summed E-state index contributed by atoms with van der Waals surface area (Å²) >= 11 is 1.36. The van der Waals surface area contributed by atoms with Gasteiger partial charge in [-0.05, 0) is 27.7 Å². The molecule has 0 saturated carbocycles. The first-order chi connectivity index (χ1) is 12.6. The Morgan fingerprint density at radius 2 is 1.35 bits per heavy atom. The van der Waals surface area contributed by atoms with Gasteiger partial charge in [-0.1, -0.05) is 42.1 Å². The lowest BCUT2D eigenvalue weighted by Crippen LogP contribution is -2.28. The molecule has 0 N–H and O–H groups in total. The van der Waals surface area contributed by atoms with Gasteiger partial charge in [0.25, 0.3) is 0 Å². The third kappa shape index (κ3) is 5.17. The predicted molar refractivity (Wildman–Crippen MR) is 108 cm³/mol. The zero-order chi connectivity index (χ0) is 18.9. The van der Waals surface area contributed by atoms with Gasteiger partial charge in [0, 0.05) is 31.7 Å². The maximum Gasteiger partial charge on any atom is 0.231 e. The molecule has 7 heteroatoms. The van der Waals surface area contributed by atoms with Gasteiger partial charge in [-0.2, -0.15) is 15.0 Å². The van der Waals surface area contributed by atoms with E-state index in [2.05, 4.69) is 52.4 Å². The van der Waals surface area contributed by atoms with Crippen LogP contribution in [0.2, 0.25) is 0 Å². The third-order valence-electron chi connectivity index (χ3n) is 4.11. The monoisotopic (exact) mass is 373 g/mol. The number of aromatic nitrogens is 3. The fourth-order valence-electron chi connectivity index (χ4n) is 2.53. The van der Waals surface area contributed by atoms with Crippen LogP contribution < -0.4 is 9.80 Å². The average molecular weight is 374 g/mol. The van der Waals surface area contributed by atoms with E-state index < -0.39 is 0 Å². The second-order valence-electron chi connectivity index (χ2n) is 5.64. The van der Waals surface area contributed by atoms with Crippen molar-refractivity contribution in [3.8, 4) is 0 Å². The maximum atomic E-state index is 12.4. The minimum absolute atomic E-state index is 0.0739. The van der Waals surface area contributed by atoms with Crippen molar-refractivity contribution in [2.24, 2.45) is 0 Å². The Kier molecular flexibility index (Phi) is 7.84. The normalized spacial score (nSPS) is 10.6. The number of benzene rings is 1. The maximum absolute atomic E-state index is 12.4. The Morgan fingerprint density at radius 3 is 1.81 bits per heavy atom. The number of ketones is 1. The van der Waals surface area contributed by atoms with Crippen molar-refractivity contribution in [3.05, 3.63) is 35.9 Å². The van der Waals surface area contributed by atoms with Gasteiger partial charge < -0.3 is 9.80 Å². The molecule has 2 rings (SSSR count). The average Bonchev–Trinajstić information content (AvgIpc) is 2.69. The Morgan fingerprint density at radius 1 is 0.846 bits per heavy atom. The summed E-state index contributed by atoms with van der Waals surface area (Å²) in [7, 11) is 0. The SMILES string of the molecule is CCN(CC)c1nc(SCC(=O)c2ccccc2)nc(N(CC)CC)n1. The number of anilines is 2. The molecule has 0 amide bonds.